The number of hydrogen-bond acceptors (Lipinski definition) is 4. The molecular formula is C24H21N3O. The largest absolute Gasteiger partial charge is 0.493 e. The van der Waals surface area contributed by atoms with E-state index in [0.29, 0.717) is 6.61 Å². The van der Waals surface area contributed by atoms with Crippen LogP contribution < -0.4 is 4.74 Å². The van der Waals surface area contributed by atoms with Crippen LogP contribution in [0, 0.1) is 0 Å². The van der Waals surface area contributed by atoms with Crippen LogP contribution in [0.15, 0.2) is 91.3 Å². The van der Waals surface area contributed by atoms with Crippen molar-refractivity contribution in [1.29, 1.82) is 0 Å². The van der Waals surface area contributed by atoms with Gasteiger partial charge >= 0.3 is 0 Å². The van der Waals surface area contributed by atoms with E-state index in [-0.39, 0.29) is 0 Å². The fraction of sp³-hybridized carbons (Fsp3) is 0.125. The van der Waals surface area contributed by atoms with E-state index < -0.39 is 0 Å². The lowest BCUT2D eigenvalue weighted by molar-refractivity contribution is 0.311. The molecule has 3 aromatic heterocycles. The fourth-order valence-electron chi connectivity index (χ4n) is 2.99. The van der Waals surface area contributed by atoms with Crippen molar-refractivity contribution in [2.75, 3.05) is 6.61 Å². The summed E-state index contributed by atoms with van der Waals surface area (Å²) in [5.74, 6) is 0.782. The first-order chi connectivity index (χ1) is 13.9. The topological polar surface area (TPSA) is 47.9 Å². The Labute approximate surface area is 164 Å². The Balaban J connectivity index is 1.54. The Hall–Kier alpha value is -3.53. The Morgan fingerprint density at radius 1 is 0.643 bits per heavy atom. The van der Waals surface area contributed by atoms with E-state index in [0.717, 1.165) is 41.4 Å². The van der Waals surface area contributed by atoms with Crippen molar-refractivity contribution in [2.24, 2.45) is 0 Å². The van der Waals surface area contributed by atoms with E-state index in [4.69, 9.17) is 9.72 Å². The molecule has 28 heavy (non-hydrogen) atoms. The van der Waals surface area contributed by atoms with Gasteiger partial charge in [-0.3, -0.25) is 9.97 Å². The van der Waals surface area contributed by atoms with Crippen molar-refractivity contribution in [3.05, 3.63) is 96.8 Å². The van der Waals surface area contributed by atoms with Gasteiger partial charge in [-0.25, -0.2) is 4.98 Å². The molecule has 0 radical (unpaired) electrons. The first-order valence-corrected chi connectivity index (χ1v) is 9.40. The van der Waals surface area contributed by atoms with Gasteiger partial charge in [0.1, 0.15) is 5.75 Å². The average molecular weight is 367 g/mol. The zero-order valence-corrected chi connectivity index (χ0v) is 15.5. The number of benzene rings is 1. The quantitative estimate of drug-likeness (QED) is 0.420. The van der Waals surface area contributed by atoms with Crippen LogP contribution in [-0.4, -0.2) is 21.6 Å². The molecule has 4 aromatic rings. The standard InChI is InChI=1S/C24H21N3O/c1-2-9-19(10-3-1)11-8-16-28-20-17-23(21-12-4-6-14-25-21)27-24(18-20)22-13-5-7-15-26-22/h1-7,9-10,12-15,17-18H,8,11,16H2. The summed E-state index contributed by atoms with van der Waals surface area (Å²) in [4.78, 5) is 13.6. The zero-order valence-electron chi connectivity index (χ0n) is 15.5. The molecule has 0 unspecified atom stereocenters. The molecule has 3 heterocycles. The first kappa shape index (κ1) is 17.9. The van der Waals surface area contributed by atoms with Crippen LogP contribution in [0.4, 0.5) is 0 Å². The van der Waals surface area contributed by atoms with Gasteiger partial charge in [0, 0.05) is 24.5 Å². The van der Waals surface area contributed by atoms with E-state index in [9.17, 15) is 0 Å². The lowest BCUT2D eigenvalue weighted by Crippen LogP contribution is -2.01. The van der Waals surface area contributed by atoms with Crippen LogP contribution in [-0.2, 0) is 6.42 Å². The van der Waals surface area contributed by atoms with Crippen molar-refractivity contribution in [3.63, 3.8) is 0 Å². The van der Waals surface area contributed by atoms with Crippen LogP contribution in [0.5, 0.6) is 5.75 Å². The summed E-state index contributed by atoms with van der Waals surface area (Å²) in [7, 11) is 0. The molecule has 138 valence electrons. The van der Waals surface area contributed by atoms with Gasteiger partial charge in [-0.1, -0.05) is 42.5 Å². The van der Waals surface area contributed by atoms with Crippen LogP contribution in [0.1, 0.15) is 12.0 Å². The number of hydrogen-bond donors (Lipinski definition) is 0. The fourth-order valence-corrected chi connectivity index (χ4v) is 2.99. The van der Waals surface area contributed by atoms with Crippen molar-refractivity contribution in [3.8, 4) is 28.5 Å². The minimum atomic E-state index is 0.641. The van der Waals surface area contributed by atoms with Crippen LogP contribution in [0.2, 0.25) is 0 Å². The molecule has 0 atom stereocenters. The third kappa shape index (κ3) is 4.60. The molecule has 0 N–H and O–H groups in total. The number of aromatic nitrogens is 3. The summed E-state index contributed by atoms with van der Waals surface area (Å²) in [6.45, 7) is 0.641. The minimum Gasteiger partial charge on any atom is -0.493 e. The molecule has 4 nitrogen and oxygen atoms in total. The molecule has 0 aliphatic heterocycles. The Kier molecular flexibility index (Phi) is 5.68. The number of pyridine rings is 3. The molecule has 0 aliphatic carbocycles. The second kappa shape index (κ2) is 8.91. The van der Waals surface area contributed by atoms with Crippen LogP contribution in [0.25, 0.3) is 22.8 Å². The first-order valence-electron chi connectivity index (χ1n) is 9.40. The molecule has 0 spiro atoms. The molecule has 0 saturated heterocycles. The summed E-state index contributed by atoms with van der Waals surface area (Å²) in [5, 5.41) is 0. The lowest BCUT2D eigenvalue weighted by Gasteiger charge is -2.10. The molecule has 1 aromatic carbocycles. The highest BCUT2D eigenvalue weighted by Gasteiger charge is 2.09. The van der Waals surface area contributed by atoms with Gasteiger partial charge in [-0.15, -0.1) is 0 Å². The second-order valence-electron chi connectivity index (χ2n) is 6.44. The molecule has 4 rings (SSSR count). The summed E-state index contributed by atoms with van der Waals surface area (Å²) in [5.41, 5.74) is 4.51. The number of aryl methyl sites for hydroxylation is 1. The highest BCUT2D eigenvalue weighted by Crippen LogP contribution is 2.26. The van der Waals surface area contributed by atoms with Crippen molar-refractivity contribution in [2.45, 2.75) is 12.8 Å². The van der Waals surface area contributed by atoms with Gasteiger partial charge in [0.15, 0.2) is 0 Å². The Morgan fingerprint density at radius 2 is 1.25 bits per heavy atom. The van der Waals surface area contributed by atoms with E-state index in [2.05, 4.69) is 34.2 Å². The predicted molar refractivity (Wildman–Crippen MR) is 111 cm³/mol. The third-order valence-corrected chi connectivity index (χ3v) is 4.37. The Bertz CT molecular complexity index is 948. The maximum Gasteiger partial charge on any atom is 0.123 e. The summed E-state index contributed by atoms with van der Waals surface area (Å²) < 4.78 is 6.06. The summed E-state index contributed by atoms with van der Waals surface area (Å²) in [6, 6.07) is 25.9. The number of nitrogens with zero attached hydrogens (tertiary/aromatic N) is 3. The van der Waals surface area contributed by atoms with E-state index in [1.54, 1.807) is 12.4 Å². The monoisotopic (exact) mass is 367 g/mol. The highest BCUT2D eigenvalue weighted by molar-refractivity contribution is 5.64. The SMILES string of the molecule is c1ccc(CCCOc2cc(-c3ccccn3)nc(-c3ccccn3)c2)cc1. The van der Waals surface area contributed by atoms with Crippen molar-refractivity contribution >= 4 is 0 Å². The number of rotatable bonds is 7. The molecule has 0 saturated carbocycles. The Morgan fingerprint density at radius 3 is 1.82 bits per heavy atom. The van der Waals surface area contributed by atoms with E-state index >= 15 is 0 Å². The molecule has 0 amide bonds. The molecule has 0 aliphatic rings. The summed E-state index contributed by atoms with van der Waals surface area (Å²) in [6.07, 6.45) is 5.48. The van der Waals surface area contributed by atoms with Gasteiger partial charge < -0.3 is 4.74 Å². The average Bonchev–Trinajstić information content (AvgIpc) is 2.78. The van der Waals surface area contributed by atoms with Gasteiger partial charge in [0.25, 0.3) is 0 Å². The zero-order chi connectivity index (χ0) is 19.0. The minimum absolute atomic E-state index is 0.641. The van der Waals surface area contributed by atoms with Gasteiger partial charge in [0.2, 0.25) is 0 Å². The van der Waals surface area contributed by atoms with E-state index in [1.165, 1.54) is 5.56 Å². The second-order valence-corrected chi connectivity index (χ2v) is 6.44. The summed E-state index contributed by atoms with van der Waals surface area (Å²) >= 11 is 0. The maximum absolute atomic E-state index is 6.06. The number of ether oxygens (including phenoxy) is 1. The van der Waals surface area contributed by atoms with E-state index in [1.807, 2.05) is 54.6 Å². The van der Waals surface area contributed by atoms with Crippen molar-refractivity contribution in [1.82, 2.24) is 15.0 Å². The molecular weight excluding hydrogens is 346 g/mol. The smallest absolute Gasteiger partial charge is 0.123 e. The van der Waals surface area contributed by atoms with Crippen LogP contribution >= 0.6 is 0 Å². The van der Waals surface area contributed by atoms with Gasteiger partial charge in [0.05, 0.1) is 29.4 Å². The van der Waals surface area contributed by atoms with Gasteiger partial charge in [-0.05, 0) is 42.7 Å². The van der Waals surface area contributed by atoms with Gasteiger partial charge in [-0.2, -0.15) is 0 Å². The molecule has 4 heteroatoms. The molecule has 0 bridgehead atoms. The predicted octanol–water partition coefficient (Wildman–Crippen LogP) is 5.22. The van der Waals surface area contributed by atoms with Crippen LogP contribution in [0.3, 0.4) is 0 Å². The highest BCUT2D eigenvalue weighted by atomic mass is 16.5. The van der Waals surface area contributed by atoms with Crippen molar-refractivity contribution < 1.29 is 4.74 Å². The lowest BCUT2D eigenvalue weighted by atomic mass is 10.1. The third-order valence-electron chi connectivity index (χ3n) is 4.37. The molecule has 0 fully saturated rings. The normalized spacial score (nSPS) is 10.6. The maximum atomic E-state index is 6.06.